The van der Waals surface area contributed by atoms with Crippen LogP contribution in [0.3, 0.4) is 0 Å². The summed E-state index contributed by atoms with van der Waals surface area (Å²) in [7, 11) is 0. The van der Waals surface area contributed by atoms with Crippen LogP contribution >= 0.6 is 43.5 Å². The number of hydrogen-bond donors (Lipinski definition) is 1. The van der Waals surface area contributed by atoms with Crippen molar-refractivity contribution in [1.29, 1.82) is 0 Å². The van der Waals surface area contributed by atoms with E-state index in [9.17, 15) is 9.59 Å². The standard InChI is InChI=1S/C13H11Br2ClN2O2/c1-2-4-7-11(16)17-13(20)18(12(7)19)10-8(14)5-3-6-9(10)15/h3,5-6H,2,4H2,1H3,(H,17,20). The predicted octanol–water partition coefficient (Wildman–Crippen LogP) is 3.66. The molecule has 0 aliphatic rings. The lowest BCUT2D eigenvalue weighted by molar-refractivity contribution is 0.808. The summed E-state index contributed by atoms with van der Waals surface area (Å²) in [5.41, 5.74) is -0.0788. The molecule has 1 heterocycles. The Hall–Kier alpha value is -0.850. The van der Waals surface area contributed by atoms with E-state index >= 15 is 0 Å². The molecule has 0 saturated heterocycles. The molecule has 2 aromatic rings. The number of nitrogens with one attached hydrogen (secondary N) is 1. The van der Waals surface area contributed by atoms with Gasteiger partial charge in [-0.25, -0.2) is 9.36 Å². The van der Waals surface area contributed by atoms with Crippen molar-refractivity contribution in [3.63, 3.8) is 0 Å². The van der Waals surface area contributed by atoms with Crippen molar-refractivity contribution in [1.82, 2.24) is 9.55 Å². The van der Waals surface area contributed by atoms with E-state index in [4.69, 9.17) is 11.6 Å². The van der Waals surface area contributed by atoms with Crippen molar-refractivity contribution < 1.29 is 0 Å². The molecule has 0 aliphatic carbocycles. The van der Waals surface area contributed by atoms with Crippen molar-refractivity contribution in [2.75, 3.05) is 0 Å². The van der Waals surface area contributed by atoms with Crippen LogP contribution in [0.5, 0.6) is 0 Å². The van der Waals surface area contributed by atoms with Crippen LogP contribution in [0.4, 0.5) is 0 Å². The van der Waals surface area contributed by atoms with Gasteiger partial charge in [-0.3, -0.25) is 9.78 Å². The van der Waals surface area contributed by atoms with Gasteiger partial charge < -0.3 is 0 Å². The van der Waals surface area contributed by atoms with E-state index in [0.29, 0.717) is 26.6 Å². The Labute approximate surface area is 137 Å². The van der Waals surface area contributed by atoms with E-state index in [-0.39, 0.29) is 5.15 Å². The second kappa shape index (κ2) is 6.28. The maximum Gasteiger partial charge on any atom is 0.334 e. The van der Waals surface area contributed by atoms with E-state index in [2.05, 4.69) is 36.8 Å². The van der Waals surface area contributed by atoms with Gasteiger partial charge in [0.15, 0.2) is 0 Å². The minimum absolute atomic E-state index is 0.112. The first-order chi connectivity index (χ1) is 9.47. The number of halogens is 3. The molecule has 0 unspecified atom stereocenters. The number of nitrogens with zero attached hydrogens (tertiary/aromatic N) is 1. The monoisotopic (exact) mass is 420 g/mol. The highest BCUT2D eigenvalue weighted by atomic mass is 79.9. The molecule has 0 spiro atoms. The lowest BCUT2D eigenvalue weighted by Crippen LogP contribution is -2.36. The summed E-state index contributed by atoms with van der Waals surface area (Å²) in [5, 5.41) is 0.112. The van der Waals surface area contributed by atoms with Crippen LogP contribution in [0.1, 0.15) is 18.9 Å². The van der Waals surface area contributed by atoms with Crippen LogP contribution in [0.2, 0.25) is 5.15 Å². The topological polar surface area (TPSA) is 54.9 Å². The quantitative estimate of drug-likeness (QED) is 0.768. The van der Waals surface area contributed by atoms with E-state index in [1.54, 1.807) is 18.2 Å². The Balaban J connectivity index is 2.85. The maximum absolute atomic E-state index is 12.5. The highest BCUT2D eigenvalue weighted by Crippen LogP contribution is 2.27. The summed E-state index contributed by atoms with van der Waals surface area (Å²) >= 11 is 12.7. The molecule has 1 N–H and O–H groups in total. The summed E-state index contributed by atoms with van der Waals surface area (Å²) in [4.78, 5) is 27.1. The van der Waals surface area contributed by atoms with Crippen LogP contribution in [0.15, 0.2) is 36.7 Å². The number of benzene rings is 1. The number of rotatable bonds is 3. The maximum atomic E-state index is 12.5. The van der Waals surface area contributed by atoms with Gasteiger partial charge >= 0.3 is 5.69 Å². The Morgan fingerprint density at radius 2 is 1.85 bits per heavy atom. The zero-order chi connectivity index (χ0) is 14.9. The number of H-pyrrole nitrogens is 1. The second-order valence-corrected chi connectivity index (χ2v) is 6.27. The van der Waals surface area contributed by atoms with Gasteiger partial charge in [0.1, 0.15) is 5.15 Å². The second-order valence-electron chi connectivity index (χ2n) is 4.18. The highest BCUT2D eigenvalue weighted by molar-refractivity contribution is 9.11. The Bertz CT molecular complexity index is 748. The van der Waals surface area contributed by atoms with E-state index in [1.807, 2.05) is 6.92 Å². The molecule has 20 heavy (non-hydrogen) atoms. The summed E-state index contributed by atoms with van der Waals surface area (Å²) in [6, 6.07) is 5.33. The molecule has 0 aliphatic heterocycles. The van der Waals surface area contributed by atoms with Gasteiger partial charge in [-0.1, -0.05) is 31.0 Å². The highest BCUT2D eigenvalue weighted by Gasteiger charge is 2.17. The van der Waals surface area contributed by atoms with Gasteiger partial charge in [0.2, 0.25) is 0 Å². The van der Waals surface area contributed by atoms with Crippen molar-refractivity contribution in [2.24, 2.45) is 0 Å². The van der Waals surface area contributed by atoms with Crippen molar-refractivity contribution in [2.45, 2.75) is 19.8 Å². The van der Waals surface area contributed by atoms with Crippen LogP contribution in [0.25, 0.3) is 5.69 Å². The molecule has 0 amide bonds. The lowest BCUT2D eigenvalue weighted by atomic mass is 10.2. The SMILES string of the molecule is CCCc1c(Cl)[nH]c(=O)n(-c2c(Br)cccc2Br)c1=O. The van der Waals surface area contributed by atoms with Gasteiger partial charge in [0, 0.05) is 8.95 Å². The minimum Gasteiger partial charge on any atom is -0.297 e. The fourth-order valence-electron chi connectivity index (χ4n) is 1.92. The van der Waals surface area contributed by atoms with Crippen LogP contribution in [0, 0.1) is 0 Å². The van der Waals surface area contributed by atoms with E-state index < -0.39 is 11.2 Å². The summed E-state index contributed by atoms with van der Waals surface area (Å²) < 4.78 is 2.37. The molecule has 4 nitrogen and oxygen atoms in total. The smallest absolute Gasteiger partial charge is 0.297 e. The molecule has 0 atom stereocenters. The van der Waals surface area contributed by atoms with Crippen LogP contribution in [-0.2, 0) is 6.42 Å². The van der Waals surface area contributed by atoms with Crippen molar-refractivity contribution >= 4 is 43.5 Å². The Morgan fingerprint density at radius 3 is 2.40 bits per heavy atom. The molecule has 7 heteroatoms. The van der Waals surface area contributed by atoms with Gasteiger partial charge in [-0.2, -0.15) is 0 Å². The van der Waals surface area contributed by atoms with Gasteiger partial charge in [0.25, 0.3) is 5.56 Å². The summed E-state index contributed by atoms with van der Waals surface area (Å²) in [6.07, 6.45) is 1.27. The van der Waals surface area contributed by atoms with Gasteiger partial charge in [-0.05, 0) is 50.4 Å². The molecule has 1 aromatic heterocycles. The molecule has 0 bridgehead atoms. The number of para-hydroxylation sites is 1. The van der Waals surface area contributed by atoms with Crippen molar-refractivity contribution in [3.05, 3.63) is 58.7 Å². The normalized spacial score (nSPS) is 10.8. The van der Waals surface area contributed by atoms with Crippen molar-refractivity contribution in [3.8, 4) is 5.69 Å². The first-order valence-electron chi connectivity index (χ1n) is 5.95. The summed E-state index contributed by atoms with van der Waals surface area (Å²) in [5.74, 6) is 0. The third kappa shape index (κ3) is 2.77. The molecular weight excluding hydrogens is 411 g/mol. The van der Waals surface area contributed by atoms with Crippen LogP contribution in [-0.4, -0.2) is 9.55 Å². The van der Waals surface area contributed by atoms with E-state index in [0.717, 1.165) is 11.0 Å². The zero-order valence-corrected chi connectivity index (χ0v) is 14.5. The minimum atomic E-state index is -0.563. The third-order valence-corrected chi connectivity index (χ3v) is 4.41. The largest absolute Gasteiger partial charge is 0.334 e. The Morgan fingerprint density at radius 1 is 1.25 bits per heavy atom. The average molecular weight is 423 g/mol. The zero-order valence-electron chi connectivity index (χ0n) is 10.5. The molecule has 106 valence electrons. The third-order valence-electron chi connectivity index (χ3n) is 2.81. The summed E-state index contributed by atoms with van der Waals surface area (Å²) in [6.45, 7) is 1.94. The van der Waals surface area contributed by atoms with E-state index in [1.165, 1.54) is 0 Å². The lowest BCUT2D eigenvalue weighted by Gasteiger charge is -2.11. The molecule has 0 radical (unpaired) electrons. The number of hydrogen-bond acceptors (Lipinski definition) is 2. The fraction of sp³-hybridized carbons (Fsp3) is 0.231. The molecule has 0 saturated carbocycles. The predicted molar refractivity (Wildman–Crippen MR) is 87.1 cm³/mol. The fourth-order valence-corrected chi connectivity index (χ4v) is 3.53. The number of aromatic nitrogens is 2. The molecular formula is C13H11Br2ClN2O2. The molecule has 2 rings (SSSR count). The Kier molecular flexibility index (Phi) is 4.88. The van der Waals surface area contributed by atoms with Gasteiger partial charge in [0.05, 0.1) is 11.3 Å². The van der Waals surface area contributed by atoms with Gasteiger partial charge in [-0.15, -0.1) is 0 Å². The van der Waals surface area contributed by atoms with Crippen LogP contribution < -0.4 is 11.2 Å². The average Bonchev–Trinajstić information content (AvgIpc) is 2.37. The molecule has 0 fully saturated rings. The molecule has 1 aromatic carbocycles. The first-order valence-corrected chi connectivity index (χ1v) is 7.91. The first kappa shape index (κ1) is 15.5. The number of aromatic amines is 1.